The van der Waals surface area contributed by atoms with Crippen LogP contribution in [-0.2, 0) is 4.79 Å². The Hall–Kier alpha value is -0.570. The van der Waals surface area contributed by atoms with Gasteiger partial charge < -0.3 is 10.6 Å². The first-order valence-electron chi connectivity index (χ1n) is 7.11. The van der Waals surface area contributed by atoms with Gasteiger partial charge in [-0.2, -0.15) is 0 Å². The fourth-order valence-corrected chi connectivity index (χ4v) is 3.72. The normalized spacial score (nSPS) is 34.0. The molecule has 3 aliphatic rings. The van der Waals surface area contributed by atoms with Gasteiger partial charge in [0.25, 0.3) is 0 Å². The number of carbonyl (C=O) groups is 1. The fourth-order valence-electron chi connectivity index (χ4n) is 3.72. The molecule has 2 saturated carbocycles. The Balaban J connectivity index is 1.62. The smallest absolute Gasteiger partial charge is 0.228 e. The molecule has 1 atom stereocenters. The molecule has 0 radical (unpaired) electrons. The van der Waals surface area contributed by atoms with Crippen molar-refractivity contribution < 1.29 is 4.79 Å². The largest absolute Gasteiger partial charge is 0.342 e. The van der Waals surface area contributed by atoms with Gasteiger partial charge in [-0.15, -0.1) is 0 Å². The number of hydrogen-bond donors (Lipinski definition) is 1. The average Bonchev–Trinajstić information content (AvgIpc) is 2.99. The third kappa shape index (κ3) is 1.79. The van der Waals surface area contributed by atoms with Crippen molar-refractivity contribution in [3.63, 3.8) is 0 Å². The van der Waals surface area contributed by atoms with Gasteiger partial charge in [-0.05, 0) is 43.9 Å². The Morgan fingerprint density at radius 2 is 1.82 bits per heavy atom. The second kappa shape index (κ2) is 3.71. The van der Waals surface area contributed by atoms with Crippen molar-refractivity contribution >= 4 is 5.91 Å². The third-order valence-corrected chi connectivity index (χ3v) is 5.54. The average molecular weight is 236 g/mol. The van der Waals surface area contributed by atoms with Crippen molar-refractivity contribution in [2.45, 2.75) is 57.9 Å². The summed E-state index contributed by atoms with van der Waals surface area (Å²) < 4.78 is 0. The molecule has 3 nitrogen and oxygen atoms in total. The summed E-state index contributed by atoms with van der Waals surface area (Å²) in [6, 6.07) is 0.385. The molecule has 96 valence electrons. The zero-order valence-corrected chi connectivity index (χ0v) is 10.9. The molecule has 3 heteroatoms. The number of carbonyl (C=O) groups excluding carboxylic acids is 1. The van der Waals surface area contributed by atoms with Crippen LogP contribution in [-0.4, -0.2) is 29.9 Å². The van der Waals surface area contributed by atoms with Crippen LogP contribution in [0.2, 0.25) is 0 Å². The summed E-state index contributed by atoms with van der Waals surface area (Å²) in [7, 11) is 0. The molecule has 1 saturated heterocycles. The first-order chi connectivity index (χ1) is 8.06. The molecule has 1 amide bonds. The Labute approximate surface area is 104 Å². The van der Waals surface area contributed by atoms with E-state index in [2.05, 4.69) is 11.8 Å². The molecule has 1 heterocycles. The molecule has 17 heavy (non-hydrogen) atoms. The van der Waals surface area contributed by atoms with Gasteiger partial charge in [-0.1, -0.05) is 13.3 Å². The van der Waals surface area contributed by atoms with Crippen LogP contribution in [0.5, 0.6) is 0 Å². The number of nitrogens with zero attached hydrogens (tertiary/aromatic N) is 1. The zero-order valence-electron chi connectivity index (χ0n) is 10.9. The van der Waals surface area contributed by atoms with Crippen LogP contribution in [0.15, 0.2) is 0 Å². The molecule has 1 spiro atoms. The van der Waals surface area contributed by atoms with Gasteiger partial charge in [0.15, 0.2) is 0 Å². The number of nitrogens with two attached hydrogens (primary N) is 1. The monoisotopic (exact) mass is 236 g/mol. The highest BCUT2D eigenvalue weighted by molar-refractivity contribution is 5.85. The lowest BCUT2D eigenvalue weighted by Gasteiger charge is -2.42. The molecule has 0 aromatic heterocycles. The van der Waals surface area contributed by atoms with Crippen molar-refractivity contribution in [3.8, 4) is 0 Å². The predicted molar refractivity (Wildman–Crippen MR) is 67.4 cm³/mol. The second-order valence-electron chi connectivity index (χ2n) is 6.71. The molecular formula is C14H24N2O. The van der Waals surface area contributed by atoms with Gasteiger partial charge in [0.1, 0.15) is 0 Å². The quantitative estimate of drug-likeness (QED) is 0.756. The van der Waals surface area contributed by atoms with E-state index in [0.717, 1.165) is 38.8 Å². The van der Waals surface area contributed by atoms with Gasteiger partial charge in [0.2, 0.25) is 5.91 Å². The minimum absolute atomic E-state index is 0.00228. The van der Waals surface area contributed by atoms with E-state index in [0.29, 0.717) is 17.4 Å². The zero-order chi connectivity index (χ0) is 12.1. The lowest BCUT2D eigenvalue weighted by molar-refractivity contribution is -0.138. The summed E-state index contributed by atoms with van der Waals surface area (Å²) in [5.74, 6) is 0.402. The highest BCUT2D eigenvalue weighted by atomic mass is 16.2. The van der Waals surface area contributed by atoms with Crippen LogP contribution < -0.4 is 5.73 Å². The van der Waals surface area contributed by atoms with Crippen molar-refractivity contribution in [1.82, 2.24) is 4.90 Å². The van der Waals surface area contributed by atoms with E-state index >= 15 is 0 Å². The van der Waals surface area contributed by atoms with Crippen LogP contribution in [0, 0.1) is 10.8 Å². The van der Waals surface area contributed by atoms with Crippen LogP contribution >= 0.6 is 0 Å². The first kappa shape index (κ1) is 11.5. The Morgan fingerprint density at radius 3 is 2.29 bits per heavy atom. The SMILES string of the molecule is CC1(C(=O)N2CCC3(CCCC3N)CC2)CC1. The van der Waals surface area contributed by atoms with Gasteiger partial charge in [-0.3, -0.25) is 4.79 Å². The summed E-state index contributed by atoms with van der Waals surface area (Å²) in [5.41, 5.74) is 6.64. The Kier molecular flexibility index (Phi) is 2.51. The van der Waals surface area contributed by atoms with E-state index in [-0.39, 0.29) is 5.41 Å². The highest BCUT2D eigenvalue weighted by Crippen LogP contribution is 2.49. The maximum Gasteiger partial charge on any atom is 0.228 e. The molecule has 0 aromatic rings. The Morgan fingerprint density at radius 1 is 1.18 bits per heavy atom. The molecule has 0 bridgehead atoms. The summed E-state index contributed by atoms with van der Waals surface area (Å²) in [6.45, 7) is 4.01. The standard InChI is InChI=1S/C14H24N2O/c1-13(5-6-13)12(17)16-9-7-14(8-10-16)4-2-3-11(14)15/h11H,2-10,15H2,1H3. The van der Waals surface area contributed by atoms with E-state index in [1.807, 2.05) is 0 Å². The second-order valence-corrected chi connectivity index (χ2v) is 6.71. The van der Waals surface area contributed by atoms with Crippen molar-refractivity contribution in [2.75, 3.05) is 13.1 Å². The van der Waals surface area contributed by atoms with Crippen molar-refractivity contribution in [3.05, 3.63) is 0 Å². The van der Waals surface area contributed by atoms with Crippen LogP contribution in [0.3, 0.4) is 0 Å². The third-order valence-electron chi connectivity index (χ3n) is 5.54. The van der Waals surface area contributed by atoms with E-state index < -0.39 is 0 Å². The Bertz CT molecular complexity index is 327. The number of amides is 1. The van der Waals surface area contributed by atoms with Crippen LogP contribution in [0.4, 0.5) is 0 Å². The van der Waals surface area contributed by atoms with Gasteiger partial charge >= 0.3 is 0 Å². The molecule has 0 aromatic carbocycles. The van der Waals surface area contributed by atoms with Crippen molar-refractivity contribution in [1.29, 1.82) is 0 Å². The van der Waals surface area contributed by atoms with Crippen LogP contribution in [0.25, 0.3) is 0 Å². The lowest BCUT2D eigenvalue weighted by atomic mass is 9.74. The fraction of sp³-hybridized carbons (Fsp3) is 0.929. The molecular weight excluding hydrogens is 212 g/mol. The topological polar surface area (TPSA) is 46.3 Å². The molecule has 1 aliphatic heterocycles. The number of likely N-dealkylation sites (tertiary alicyclic amines) is 1. The van der Waals surface area contributed by atoms with E-state index in [9.17, 15) is 4.79 Å². The van der Waals surface area contributed by atoms with Gasteiger partial charge in [-0.25, -0.2) is 0 Å². The predicted octanol–water partition coefficient (Wildman–Crippen LogP) is 1.91. The van der Waals surface area contributed by atoms with Gasteiger partial charge in [0, 0.05) is 24.5 Å². The molecule has 2 aliphatic carbocycles. The minimum atomic E-state index is 0.00228. The van der Waals surface area contributed by atoms with E-state index in [4.69, 9.17) is 5.73 Å². The number of piperidine rings is 1. The summed E-state index contributed by atoms with van der Waals surface area (Å²) >= 11 is 0. The maximum absolute atomic E-state index is 12.3. The molecule has 2 N–H and O–H groups in total. The molecule has 3 rings (SSSR count). The van der Waals surface area contributed by atoms with Crippen LogP contribution in [0.1, 0.15) is 51.9 Å². The lowest BCUT2D eigenvalue weighted by Crippen LogP contribution is -2.49. The molecule has 3 fully saturated rings. The van der Waals surface area contributed by atoms with Crippen molar-refractivity contribution in [2.24, 2.45) is 16.6 Å². The summed E-state index contributed by atoms with van der Waals surface area (Å²) in [4.78, 5) is 14.4. The summed E-state index contributed by atoms with van der Waals surface area (Å²) in [6.07, 6.45) is 8.21. The first-order valence-corrected chi connectivity index (χ1v) is 7.11. The van der Waals surface area contributed by atoms with E-state index in [1.54, 1.807) is 0 Å². The maximum atomic E-state index is 12.3. The van der Waals surface area contributed by atoms with Gasteiger partial charge in [0.05, 0.1) is 0 Å². The van der Waals surface area contributed by atoms with E-state index in [1.165, 1.54) is 19.3 Å². The number of rotatable bonds is 1. The molecule has 1 unspecified atom stereocenters. The summed E-state index contributed by atoms with van der Waals surface area (Å²) in [5, 5.41) is 0. The highest BCUT2D eigenvalue weighted by Gasteiger charge is 2.50. The number of hydrogen-bond acceptors (Lipinski definition) is 2. The minimum Gasteiger partial charge on any atom is -0.342 e.